The molecule has 9 aromatic rings. The molecule has 4 aromatic carbocycles. The molecule has 2 aliphatic rings. The molecular formula is C60H34N6O8S5. The van der Waals surface area contributed by atoms with E-state index in [4.69, 9.17) is 18.9 Å². The second kappa shape index (κ2) is 21.9. The van der Waals surface area contributed by atoms with Crippen molar-refractivity contribution in [2.75, 3.05) is 0 Å². The highest BCUT2D eigenvalue weighted by Crippen LogP contribution is 2.67. The zero-order valence-electron chi connectivity index (χ0n) is 40.8. The van der Waals surface area contributed by atoms with E-state index in [9.17, 15) is 21.0 Å². The van der Waals surface area contributed by atoms with Crippen LogP contribution in [0.1, 0.15) is 48.7 Å². The van der Waals surface area contributed by atoms with Crippen molar-refractivity contribution in [2.24, 2.45) is 9.98 Å². The van der Waals surface area contributed by atoms with E-state index in [-0.39, 0.29) is 59.4 Å². The number of carbonyl (C=O) groups excluding carboxylic acids is 4. The molecule has 5 aromatic heterocycles. The number of rotatable bonds is 16. The first-order chi connectivity index (χ1) is 38.6. The van der Waals surface area contributed by atoms with Crippen LogP contribution in [0.4, 0.5) is 10.0 Å². The van der Waals surface area contributed by atoms with E-state index < -0.39 is 40.4 Å². The summed E-state index contributed by atoms with van der Waals surface area (Å²) in [6.45, 7) is -1.15. The van der Waals surface area contributed by atoms with Gasteiger partial charge >= 0.3 is 23.9 Å². The number of hydrogen-bond acceptors (Lipinski definition) is 19. The summed E-state index contributed by atoms with van der Waals surface area (Å²) in [5, 5.41) is 38.8. The average Bonchev–Trinajstić information content (AvgIpc) is 2.19. The predicted molar refractivity (Wildman–Crippen MR) is 303 cm³/mol. The predicted octanol–water partition coefficient (Wildman–Crippen LogP) is 13.1. The molecule has 0 N–H and O–H groups in total. The molecule has 0 saturated carbocycles. The lowest BCUT2D eigenvalue weighted by molar-refractivity contribution is -0.166. The number of nitriles is 4. The maximum atomic E-state index is 16.2. The molecule has 14 nitrogen and oxygen atoms in total. The highest BCUT2D eigenvalue weighted by molar-refractivity contribution is 7.34. The molecule has 19 heteroatoms. The van der Waals surface area contributed by atoms with Crippen LogP contribution in [-0.4, -0.2) is 35.3 Å². The first-order valence-corrected chi connectivity index (χ1v) is 28.0. The van der Waals surface area contributed by atoms with E-state index in [1.807, 2.05) is 30.3 Å². The summed E-state index contributed by atoms with van der Waals surface area (Å²) in [6.07, 6.45) is 1.66. The van der Waals surface area contributed by atoms with Gasteiger partial charge in [0.15, 0.2) is 0 Å². The molecule has 0 spiro atoms. The number of ether oxygens (including phenoxy) is 4. The number of nitrogens with zero attached hydrogens (tertiary/aromatic N) is 6. The monoisotopic (exact) mass is 1130 g/mol. The SMILES string of the molecule is N#CC(C#N)=Nc1ccc(C2=Cc3sc4c(c3C2(C(=O)OCc2ccccc2)C(=O)OCc2ccccc2)C(C(=O)OCc2ccccc2)(C(=O)OCc2ccccc2)c2c-4sc3cc(-c4ccc(N=C(C#N)C#N)s4)sc23)s1. The molecule has 0 bridgehead atoms. The second-order valence-electron chi connectivity index (χ2n) is 17.6. The van der Waals surface area contributed by atoms with Crippen molar-refractivity contribution in [3.63, 3.8) is 0 Å². The van der Waals surface area contributed by atoms with Crippen LogP contribution in [0, 0.1) is 45.3 Å². The number of aliphatic imine (C=N–C) groups is 2. The standard InChI is InChI=1S/C60H34N6O8S5/c61-27-39(28-62)65-47-23-21-42(75-47)41-25-45-49(59(41,55(67)71-31-35-13-5-1-6-14-35)56(68)72-32-36-15-7-2-8-16-36)50-53(78-45)54-51(52-46(79-54)26-44(77-52)43-22-24-48(76-43)66-40(29-63)30-64)60(50,57(69)73-33-37-17-9-3-10-18-37)58(70)74-34-38-19-11-4-12-20-38/h1-26H,31-34H2. The van der Waals surface area contributed by atoms with Crippen LogP contribution in [0.3, 0.4) is 0 Å². The van der Waals surface area contributed by atoms with Gasteiger partial charge in [0.25, 0.3) is 0 Å². The molecule has 0 radical (unpaired) electrons. The van der Waals surface area contributed by atoms with Crippen LogP contribution >= 0.6 is 56.7 Å². The normalized spacial score (nSPS) is 12.9. The molecule has 0 fully saturated rings. The summed E-state index contributed by atoms with van der Waals surface area (Å²) < 4.78 is 26.6. The van der Waals surface area contributed by atoms with Crippen molar-refractivity contribution in [3.8, 4) is 43.8 Å². The van der Waals surface area contributed by atoms with E-state index in [0.717, 1.165) is 21.1 Å². The summed E-state index contributed by atoms with van der Waals surface area (Å²) in [6, 6.07) is 51.3. The van der Waals surface area contributed by atoms with E-state index in [1.165, 1.54) is 45.3 Å². The summed E-state index contributed by atoms with van der Waals surface area (Å²) >= 11 is 6.02. The van der Waals surface area contributed by atoms with Crippen molar-refractivity contribution in [2.45, 2.75) is 37.3 Å². The number of benzene rings is 4. The van der Waals surface area contributed by atoms with Gasteiger partial charge in [0.1, 0.15) is 60.7 Å². The summed E-state index contributed by atoms with van der Waals surface area (Å²) in [7, 11) is 0. The zero-order valence-corrected chi connectivity index (χ0v) is 44.9. The van der Waals surface area contributed by atoms with Crippen molar-refractivity contribution >= 4 is 123 Å². The van der Waals surface area contributed by atoms with E-state index in [1.54, 1.807) is 152 Å². The minimum absolute atomic E-state index is 0.0133. The lowest BCUT2D eigenvalue weighted by atomic mass is 9.69. The van der Waals surface area contributed by atoms with E-state index in [2.05, 4.69) is 9.98 Å². The smallest absolute Gasteiger partial charge is 0.333 e. The summed E-state index contributed by atoms with van der Waals surface area (Å²) in [5.74, 6) is -4.24. The Morgan fingerprint density at radius 1 is 0.430 bits per heavy atom. The van der Waals surface area contributed by atoms with Gasteiger partial charge in [-0.25, -0.2) is 9.98 Å². The van der Waals surface area contributed by atoms with Gasteiger partial charge in [0.05, 0.1) is 14.5 Å². The fraction of sp³-hybridized carbons (Fsp3) is 0.100. The van der Waals surface area contributed by atoms with Crippen molar-refractivity contribution < 1.29 is 38.1 Å². The Bertz CT molecular complexity index is 4040. The molecule has 0 atom stereocenters. The molecule has 382 valence electrons. The third kappa shape index (κ3) is 9.32. The quantitative estimate of drug-likeness (QED) is 0.0381. The van der Waals surface area contributed by atoms with Crippen LogP contribution in [0.2, 0.25) is 0 Å². The maximum Gasteiger partial charge on any atom is 0.333 e. The lowest BCUT2D eigenvalue weighted by Crippen LogP contribution is -2.50. The van der Waals surface area contributed by atoms with Crippen LogP contribution in [-0.2, 0) is 75.4 Å². The molecule has 11 rings (SSSR count). The Balaban J connectivity index is 1.18. The highest BCUT2D eigenvalue weighted by atomic mass is 32.1. The highest BCUT2D eigenvalue weighted by Gasteiger charge is 2.69. The van der Waals surface area contributed by atoms with Gasteiger partial charge in [-0.1, -0.05) is 121 Å². The van der Waals surface area contributed by atoms with Gasteiger partial charge < -0.3 is 18.9 Å². The Labute approximate surface area is 470 Å². The van der Waals surface area contributed by atoms with Gasteiger partial charge in [-0.15, -0.1) is 56.7 Å². The number of esters is 4. The Morgan fingerprint density at radius 3 is 1.28 bits per heavy atom. The maximum absolute atomic E-state index is 16.2. The number of hydrogen-bond donors (Lipinski definition) is 0. The van der Waals surface area contributed by atoms with Gasteiger partial charge in [0, 0.05) is 46.5 Å². The molecule has 2 aliphatic carbocycles. The molecule has 5 heterocycles. The summed E-state index contributed by atoms with van der Waals surface area (Å²) in [5.41, 5.74) is -3.19. The third-order valence-electron chi connectivity index (χ3n) is 12.9. The number of fused-ring (bicyclic) bond motifs is 7. The van der Waals surface area contributed by atoms with Crippen molar-refractivity contribution in [1.29, 1.82) is 21.0 Å². The zero-order chi connectivity index (χ0) is 54.7. The third-order valence-corrected chi connectivity index (χ3v) is 18.9. The molecule has 0 unspecified atom stereocenters. The minimum Gasteiger partial charge on any atom is -0.459 e. The Hall–Kier alpha value is -9.44. The Morgan fingerprint density at radius 2 is 0.835 bits per heavy atom. The topological polar surface area (TPSA) is 225 Å². The molecular weight excluding hydrogens is 1090 g/mol. The molecule has 0 saturated heterocycles. The van der Waals surface area contributed by atoms with Gasteiger partial charge in [0.2, 0.25) is 22.3 Å². The van der Waals surface area contributed by atoms with E-state index >= 15 is 19.2 Å². The first-order valence-electron chi connectivity index (χ1n) is 23.9. The van der Waals surface area contributed by atoms with Crippen LogP contribution in [0.25, 0.3) is 40.6 Å². The van der Waals surface area contributed by atoms with Crippen LogP contribution in [0.5, 0.6) is 0 Å². The second-order valence-corrected chi connectivity index (χ2v) is 22.9. The van der Waals surface area contributed by atoms with Crippen LogP contribution in [0.15, 0.2) is 162 Å². The van der Waals surface area contributed by atoms with Gasteiger partial charge in [-0.3, -0.25) is 19.2 Å². The molecule has 0 aliphatic heterocycles. The summed E-state index contributed by atoms with van der Waals surface area (Å²) in [4.78, 5) is 75.9. The van der Waals surface area contributed by atoms with Crippen LogP contribution < -0.4 is 0 Å². The average molecular weight is 1130 g/mol. The number of carbonyl (C=O) groups is 4. The lowest BCUT2D eigenvalue weighted by Gasteiger charge is -2.33. The van der Waals surface area contributed by atoms with Crippen molar-refractivity contribution in [3.05, 3.63) is 200 Å². The molecule has 0 amide bonds. The first kappa shape index (κ1) is 51.7. The molecule has 79 heavy (non-hydrogen) atoms. The minimum atomic E-state index is -2.58. The van der Waals surface area contributed by atoms with E-state index in [0.29, 0.717) is 56.2 Å². The van der Waals surface area contributed by atoms with Crippen molar-refractivity contribution in [1.82, 2.24) is 0 Å². The van der Waals surface area contributed by atoms with Gasteiger partial charge in [-0.05, 0) is 58.7 Å². The number of thiophene rings is 5. The largest absolute Gasteiger partial charge is 0.459 e. The Kier molecular flexibility index (Phi) is 14.3. The fourth-order valence-electron chi connectivity index (χ4n) is 9.45. The fourth-order valence-corrected chi connectivity index (χ4v) is 15.6. The van der Waals surface area contributed by atoms with Gasteiger partial charge in [-0.2, -0.15) is 21.0 Å².